The Morgan fingerprint density at radius 2 is 0.383 bits per heavy atom. The van der Waals surface area contributed by atoms with Gasteiger partial charge < -0.3 is 27.4 Å². The van der Waals surface area contributed by atoms with Gasteiger partial charge in [0.2, 0.25) is 0 Å². The van der Waals surface area contributed by atoms with Gasteiger partial charge >= 0.3 is 0 Å². The summed E-state index contributed by atoms with van der Waals surface area (Å²) in [4.78, 5) is 11.1. The van der Waals surface area contributed by atoms with E-state index >= 15 is 0 Å². The van der Waals surface area contributed by atoms with Crippen LogP contribution in [0.5, 0.6) is 0 Å². The summed E-state index contributed by atoms with van der Waals surface area (Å²) in [6, 6.07) is 165. The van der Waals surface area contributed by atoms with Crippen LogP contribution in [0.15, 0.2) is 449 Å². The number of nitrogens with zero attached hydrogens (tertiary/aromatic N) is 8. The predicted molar refractivity (Wildman–Crippen MR) is 536 cm³/mol. The minimum atomic E-state index is 0.652. The molecule has 8 nitrogen and oxygen atoms in total. The lowest BCUT2D eigenvalue weighted by atomic mass is 9.98. The molecular formula is C120H74N8. The van der Waals surface area contributed by atoms with Gasteiger partial charge in [0.25, 0.3) is 0 Å². The van der Waals surface area contributed by atoms with Crippen LogP contribution in [0.1, 0.15) is 0 Å². The minimum Gasteiger partial charge on any atom is -0.309 e. The van der Waals surface area contributed by atoms with E-state index in [1.165, 1.54) is 109 Å². The molecule has 594 valence electrons. The van der Waals surface area contributed by atoms with E-state index in [0.29, 0.717) is 5.82 Å². The van der Waals surface area contributed by atoms with Gasteiger partial charge in [-0.2, -0.15) is 0 Å². The molecule has 0 unspecified atom stereocenters. The Bertz CT molecular complexity index is 8890. The third-order valence-electron chi connectivity index (χ3n) is 26.9. The normalized spacial score (nSPS) is 12.1. The Morgan fingerprint density at radius 3 is 0.727 bits per heavy atom. The van der Waals surface area contributed by atoms with E-state index in [4.69, 9.17) is 9.97 Å². The molecule has 0 amide bonds. The second-order valence-electron chi connectivity index (χ2n) is 34.0. The van der Waals surface area contributed by atoms with Gasteiger partial charge in [0.1, 0.15) is 0 Å². The van der Waals surface area contributed by atoms with Crippen LogP contribution in [0.4, 0.5) is 0 Å². The highest BCUT2D eigenvalue weighted by Gasteiger charge is 2.25. The number of hydrogen-bond acceptors (Lipinski definition) is 2. The minimum absolute atomic E-state index is 0.652. The maximum absolute atomic E-state index is 5.64. The van der Waals surface area contributed by atoms with E-state index in [9.17, 15) is 0 Å². The van der Waals surface area contributed by atoms with Crippen LogP contribution in [0.3, 0.4) is 0 Å². The molecule has 27 aromatic rings. The standard InChI is InChI=1S/C120H74N8/c1-5-25-87(26-6-1)123-107-40-19-14-34-93(107)98-67-77(47-56-111(98)123)81-51-60-115-102(71-81)103-72-82(78-48-57-112-99(68-78)94-35-15-20-41-108(94)124(112)88-27-7-2-8-28-88)52-61-116(103)127(115)91-33-23-24-86(66-91)120-121-106-39-18-13-38-97(106)119(122-120)85-45-44-76-65-92(55-46-75(76)64-85)128-117-62-53-83(79-49-58-113-100(69-79)95-36-16-21-42-109(95)125(113)89-29-9-3-10-30-89)73-104(117)105-74-84(54-63-118(105)128)80-50-59-114-101(70-80)96-37-17-22-43-110(96)126(114)90-31-11-4-12-32-90/h1-74H. The van der Waals surface area contributed by atoms with Crippen molar-refractivity contribution in [3.8, 4) is 101 Å². The summed E-state index contributed by atoms with van der Waals surface area (Å²) in [7, 11) is 0. The molecule has 20 aromatic carbocycles. The van der Waals surface area contributed by atoms with Crippen molar-refractivity contribution < 1.29 is 0 Å². The molecule has 128 heavy (non-hydrogen) atoms. The van der Waals surface area contributed by atoms with E-state index in [1.807, 2.05) is 0 Å². The van der Waals surface area contributed by atoms with Gasteiger partial charge in [0.05, 0.1) is 77.4 Å². The number of benzene rings is 20. The fourth-order valence-corrected chi connectivity index (χ4v) is 21.1. The summed E-state index contributed by atoms with van der Waals surface area (Å²) in [6.45, 7) is 0. The molecule has 0 aliphatic carbocycles. The first-order valence-electron chi connectivity index (χ1n) is 43.9. The molecule has 27 rings (SSSR count). The number of para-hydroxylation sites is 9. The highest BCUT2D eigenvalue weighted by Crippen LogP contribution is 2.47. The van der Waals surface area contributed by atoms with Crippen molar-refractivity contribution in [2.45, 2.75) is 0 Å². The molecule has 8 heteroatoms. The Labute approximate surface area is 735 Å². The first kappa shape index (κ1) is 71.4. The zero-order valence-electron chi connectivity index (χ0n) is 69.3. The van der Waals surface area contributed by atoms with E-state index in [1.54, 1.807) is 0 Å². The topological polar surface area (TPSA) is 55.4 Å². The average Bonchev–Trinajstić information content (AvgIpc) is 1.58. The molecule has 0 spiro atoms. The fourth-order valence-electron chi connectivity index (χ4n) is 21.1. The van der Waals surface area contributed by atoms with Crippen molar-refractivity contribution >= 4 is 153 Å². The molecule has 0 saturated carbocycles. The molecular weight excluding hydrogens is 1550 g/mol. The lowest BCUT2D eigenvalue weighted by Gasteiger charge is -2.13. The Kier molecular flexibility index (Phi) is 15.7. The fraction of sp³-hybridized carbons (Fsp3) is 0. The molecule has 7 heterocycles. The predicted octanol–water partition coefficient (Wildman–Crippen LogP) is 31.4. The van der Waals surface area contributed by atoms with Crippen LogP contribution in [-0.4, -0.2) is 37.4 Å². The smallest absolute Gasteiger partial charge is 0.160 e. The summed E-state index contributed by atoms with van der Waals surface area (Å²) in [5.74, 6) is 0.652. The van der Waals surface area contributed by atoms with Crippen molar-refractivity contribution in [3.05, 3.63) is 449 Å². The summed E-state index contributed by atoms with van der Waals surface area (Å²) < 4.78 is 14.5. The Balaban J connectivity index is 0.575. The second kappa shape index (κ2) is 28.2. The second-order valence-corrected chi connectivity index (χ2v) is 34.0. The van der Waals surface area contributed by atoms with Gasteiger partial charge in [-0.25, -0.2) is 9.97 Å². The molecule has 0 saturated heterocycles. The van der Waals surface area contributed by atoms with Crippen LogP contribution in [-0.2, 0) is 0 Å². The molecule has 0 aliphatic rings. The zero-order valence-corrected chi connectivity index (χ0v) is 69.3. The monoisotopic (exact) mass is 1630 g/mol. The first-order valence-corrected chi connectivity index (χ1v) is 43.9. The maximum Gasteiger partial charge on any atom is 0.160 e. The third-order valence-corrected chi connectivity index (χ3v) is 26.9. The van der Waals surface area contributed by atoms with Crippen molar-refractivity contribution in [3.63, 3.8) is 0 Å². The lowest BCUT2D eigenvalue weighted by Crippen LogP contribution is -1.98. The van der Waals surface area contributed by atoms with Crippen LogP contribution in [0.2, 0.25) is 0 Å². The van der Waals surface area contributed by atoms with Gasteiger partial charge in [-0.05, 0) is 262 Å². The van der Waals surface area contributed by atoms with Crippen molar-refractivity contribution in [2.24, 2.45) is 0 Å². The first-order chi connectivity index (χ1) is 63.4. The lowest BCUT2D eigenvalue weighted by molar-refractivity contribution is 1.17. The van der Waals surface area contributed by atoms with Crippen LogP contribution >= 0.6 is 0 Å². The average molecular weight is 1630 g/mol. The van der Waals surface area contributed by atoms with Crippen LogP contribution in [0, 0.1) is 0 Å². The van der Waals surface area contributed by atoms with Crippen molar-refractivity contribution in [1.82, 2.24) is 37.4 Å². The quantitative estimate of drug-likeness (QED) is 0.122. The number of hydrogen-bond donors (Lipinski definition) is 0. The van der Waals surface area contributed by atoms with Gasteiger partial charge in [0.15, 0.2) is 5.82 Å². The van der Waals surface area contributed by atoms with Gasteiger partial charge in [0, 0.05) is 115 Å². The summed E-state index contributed by atoms with van der Waals surface area (Å²) in [5, 5.41) is 17.7. The zero-order chi connectivity index (χ0) is 83.8. The SMILES string of the molecule is c1ccc(-n2c3ccccc3c3cc(-c4ccc5c(c4)c4cc(-c6ccc7c(c6)c6ccccc6n7-c6ccccc6)ccc4n5-c4cccc(-c5nc(-c6ccc7cc(-n8c9ccc(-c%10ccc%11c(c%10)c%10ccccc%10n%11-c%10ccccc%10)cc9c9cc(-c%10ccc%11c(c%10)c%10ccccc%10n%11-c%10ccccc%10)ccc98)ccc7c6)c6ccccc6n5)c4)ccc32)cc1. The molecule has 0 radical (unpaired) electrons. The number of aromatic nitrogens is 8. The van der Waals surface area contributed by atoms with Gasteiger partial charge in [-0.15, -0.1) is 0 Å². The van der Waals surface area contributed by atoms with Gasteiger partial charge in [-0.3, -0.25) is 0 Å². The summed E-state index contributed by atoms with van der Waals surface area (Å²) in [6.07, 6.45) is 0. The molecule has 0 fully saturated rings. The van der Waals surface area contributed by atoms with Gasteiger partial charge in [-0.1, -0.05) is 243 Å². The third kappa shape index (κ3) is 11.1. The molecule has 0 N–H and O–H groups in total. The van der Waals surface area contributed by atoms with E-state index in [-0.39, 0.29) is 0 Å². The Morgan fingerprint density at radius 1 is 0.133 bits per heavy atom. The summed E-state index contributed by atoms with van der Waals surface area (Å²) in [5.41, 5.74) is 33.5. The molecule has 0 aliphatic heterocycles. The van der Waals surface area contributed by atoms with Crippen molar-refractivity contribution in [2.75, 3.05) is 0 Å². The maximum atomic E-state index is 5.64. The van der Waals surface area contributed by atoms with Crippen molar-refractivity contribution in [1.29, 1.82) is 0 Å². The molecule has 0 bridgehead atoms. The summed E-state index contributed by atoms with van der Waals surface area (Å²) >= 11 is 0. The molecule has 0 atom stereocenters. The van der Waals surface area contributed by atoms with Crippen LogP contribution < -0.4 is 0 Å². The molecule has 7 aromatic heterocycles. The Hall–Kier alpha value is -17.2. The van der Waals surface area contributed by atoms with Crippen LogP contribution in [0.25, 0.3) is 254 Å². The van der Waals surface area contributed by atoms with E-state index < -0.39 is 0 Å². The number of rotatable bonds is 12. The number of fused-ring (bicyclic) bond motifs is 20. The highest BCUT2D eigenvalue weighted by atomic mass is 15.0. The highest BCUT2D eigenvalue weighted by molar-refractivity contribution is 6.18. The largest absolute Gasteiger partial charge is 0.309 e. The van der Waals surface area contributed by atoms with E-state index in [2.05, 4.69) is 476 Å². The van der Waals surface area contributed by atoms with E-state index in [0.717, 1.165) is 139 Å².